The van der Waals surface area contributed by atoms with Crippen molar-refractivity contribution in [2.75, 3.05) is 13.7 Å². The van der Waals surface area contributed by atoms with Crippen LogP contribution in [0.3, 0.4) is 0 Å². The van der Waals surface area contributed by atoms with Gasteiger partial charge in [-0.15, -0.1) is 0 Å². The highest BCUT2D eigenvalue weighted by Crippen LogP contribution is 2.06. The number of benzene rings is 1. The maximum Gasteiger partial charge on any atom is 0.338 e. The summed E-state index contributed by atoms with van der Waals surface area (Å²) in [7, 11) is 1.31. The smallest absolute Gasteiger partial charge is 0.338 e. The third-order valence-electron chi connectivity index (χ3n) is 2.07. The Labute approximate surface area is 106 Å². The average Bonchev–Trinajstić information content (AvgIpc) is 2.39. The van der Waals surface area contributed by atoms with Gasteiger partial charge < -0.3 is 9.47 Å². The Balaban J connectivity index is 2.76. The van der Waals surface area contributed by atoms with Crippen molar-refractivity contribution in [2.45, 2.75) is 13.3 Å². The normalized spacial score (nSPS) is 9.00. The van der Waals surface area contributed by atoms with E-state index in [0.29, 0.717) is 17.7 Å². The Morgan fingerprint density at radius 2 is 2.11 bits per heavy atom. The van der Waals surface area contributed by atoms with E-state index < -0.39 is 0 Å². The van der Waals surface area contributed by atoms with Crippen molar-refractivity contribution < 1.29 is 19.1 Å². The summed E-state index contributed by atoms with van der Waals surface area (Å²) in [6.45, 7) is 2.08. The molecular formula is C14H14O4. The topological polar surface area (TPSA) is 52.6 Å². The zero-order valence-corrected chi connectivity index (χ0v) is 10.4. The van der Waals surface area contributed by atoms with E-state index in [1.54, 1.807) is 31.2 Å². The SMILES string of the molecule is CCOC(=O)c1cccc(C#CCC(=O)OC)c1. The molecule has 0 aliphatic carbocycles. The molecule has 0 aliphatic heterocycles. The van der Waals surface area contributed by atoms with E-state index in [1.165, 1.54) is 7.11 Å². The van der Waals surface area contributed by atoms with E-state index in [9.17, 15) is 9.59 Å². The maximum atomic E-state index is 11.5. The lowest BCUT2D eigenvalue weighted by atomic mass is 10.1. The minimum absolute atomic E-state index is 0.0279. The molecule has 4 heteroatoms. The molecule has 0 heterocycles. The molecule has 0 spiro atoms. The largest absolute Gasteiger partial charge is 0.468 e. The highest BCUT2D eigenvalue weighted by Gasteiger charge is 2.05. The van der Waals surface area contributed by atoms with Gasteiger partial charge in [0, 0.05) is 5.56 Å². The van der Waals surface area contributed by atoms with Crippen LogP contribution in [-0.2, 0) is 14.3 Å². The van der Waals surface area contributed by atoms with Gasteiger partial charge in [-0.05, 0) is 25.1 Å². The molecule has 0 bridgehead atoms. The van der Waals surface area contributed by atoms with Crippen LogP contribution in [0.25, 0.3) is 0 Å². The van der Waals surface area contributed by atoms with Crippen molar-refractivity contribution >= 4 is 11.9 Å². The van der Waals surface area contributed by atoms with E-state index >= 15 is 0 Å². The second-order valence-electron chi connectivity index (χ2n) is 3.36. The van der Waals surface area contributed by atoms with E-state index in [1.807, 2.05) is 0 Å². The summed E-state index contributed by atoms with van der Waals surface area (Å²) in [6, 6.07) is 6.76. The highest BCUT2D eigenvalue weighted by atomic mass is 16.5. The number of ether oxygens (including phenoxy) is 2. The third kappa shape index (κ3) is 4.30. The Morgan fingerprint density at radius 3 is 2.78 bits per heavy atom. The van der Waals surface area contributed by atoms with Crippen LogP contribution in [0.5, 0.6) is 0 Å². The first-order valence-electron chi connectivity index (χ1n) is 5.50. The molecule has 4 nitrogen and oxygen atoms in total. The molecule has 0 saturated heterocycles. The number of hydrogen-bond acceptors (Lipinski definition) is 4. The van der Waals surface area contributed by atoms with Gasteiger partial charge in [-0.1, -0.05) is 17.9 Å². The van der Waals surface area contributed by atoms with Crippen LogP contribution in [0.2, 0.25) is 0 Å². The fourth-order valence-electron chi connectivity index (χ4n) is 1.23. The van der Waals surface area contributed by atoms with Crippen molar-refractivity contribution in [1.82, 2.24) is 0 Å². The summed E-state index contributed by atoms with van der Waals surface area (Å²) in [5.74, 6) is 4.70. The Hall–Kier alpha value is -2.28. The number of carbonyl (C=O) groups excluding carboxylic acids is 2. The van der Waals surface area contributed by atoms with Crippen molar-refractivity contribution in [2.24, 2.45) is 0 Å². The van der Waals surface area contributed by atoms with Gasteiger partial charge in [0.2, 0.25) is 0 Å². The first-order valence-corrected chi connectivity index (χ1v) is 5.50. The number of hydrogen-bond donors (Lipinski definition) is 0. The van der Waals surface area contributed by atoms with Crippen LogP contribution >= 0.6 is 0 Å². The molecule has 1 aromatic rings. The first-order chi connectivity index (χ1) is 8.67. The van der Waals surface area contributed by atoms with Gasteiger partial charge in [0.1, 0.15) is 6.42 Å². The van der Waals surface area contributed by atoms with Gasteiger partial charge in [0.05, 0.1) is 19.3 Å². The number of esters is 2. The third-order valence-corrected chi connectivity index (χ3v) is 2.07. The van der Waals surface area contributed by atoms with Gasteiger partial charge in [-0.3, -0.25) is 4.79 Å². The lowest BCUT2D eigenvalue weighted by molar-refractivity contribution is -0.139. The van der Waals surface area contributed by atoms with Gasteiger partial charge in [-0.2, -0.15) is 0 Å². The Morgan fingerprint density at radius 1 is 1.33 bits per heavy atom. The predicted molar refractivity (Wildman–Crippen MR) is 65.9 cm³/mol. The standard InChI is InChI=1S/C14H14O4/c1-3-18-14(16)12-8-4-6-11(10-12)7-5-9-13(15)17-2/h4,6,8,10H,3,9H2,1-2H3. The lowest BCUT2D eigenvalue weighted by Gasteiger charge is -2.01. The minimum atomic E-state index is -0.385. The van der Waals surface area contributed by atoms with Gasteiger partial charge in [0.25, 0.3) is 0 Å². The van der Waals surface area contributed by atoms with Crippen LogP contribution < -0.4 is 0 Å². The molecule has 0 aliphatic rings. The maximum absolute atomic E-state index is 11.5. The molecule has 0 fully saturated rings. The van der Waals surface area contributed by atoms with E-state index in [0.717, 1.165) is 0 Å². The first kappa shape index (κ1) is 13.8. The van der Waals surface area contributed by atoms with E-state index in [-0.39, 0.29) is 18.4 Å². The molecule has 0 unspecified atom stereocenters. The van der Waals surface area contributed by atoms with Crippen molar-refractivity contribution in [3.05, 3.63) is 35.4 Å². The summed E-state index contributed by atoms with van der Waals surface area (Å²) < 4.78 is 9.35. The summed E-state index contributed by atoms with van der Waals surface area (Å²) in [4.78, 5) is 22.3. The van der Waals surface area contributed by atoms with Crippen molar-refractivity contribution in [3.63, 3.8) is 0 Å². The van der Waals surface area contributed by atoms with Gasteiger partial charge >= 0.3 is 11.9 Å². The second kappa shape index (κ2) is 7.13. The van der Waals surface area contributed by atoms with Crippen LogP contribution in [0, 0.1) is 11.8 Å². The zero-order valence-electron chi connectivity index (χ0n) is 10.4. The van der Waals surface area contributed by atoms with Crippen LogP contribution in [-0.4, -0.2) is 25.7 Å². The highest BCUT2D eigenvalue weighted by molar-refractivity contribution is 5.89. The molecule has 0 radical (unpaired) electrons. The molecule has 18 heavy (non-hydrogen) atoms. The average molecular weight is 246 g/mol. The van der Waals surface area contributed by atoms with E-state index in [4.69, 9.17) is 4.74 Å². The predicted octanol–water partition coefficient (Wildman–Crippen LogP) is 1.78. The summed E-state index contributed by atoms with van der Waals surface area (Å²) in [6.07, 6.45) is 0.0279. The molecule has 0 amide bonds. The molecule has 0 aromatic heterocycles. The summed E-state index contributed by atoms with van der Waals surface area (Å²) in [5.41, 5.74) is 1.10. The lowest BCUT2D eigenvalue weighted by Crippen LogP contribution is -2.04. The summed E-state index contributed by atoms with van der Waals surface area (Å²) in [5, 5.41) is 0. The van der Waals surface area contributed by atoms with Crippen molar-refractivity contribution in [1.29, 1.82) is 0 Å². The summed E-state index contributed by atoms with van der Waals surface area (Å²) >= 11 is 0. The molecule has 0 N–H and O–H groups in total. The number of carbonyl (C=O) groups is 2. The number of rotatable bonds is 3. The van der Waals surface area contributed by atoms with Crippen LogP contribution in [0.4, 0.5) is 0 Å². The molecular weight excluding hydrogens is 232 g/mol. The van der Waals surface area contributed by atoms with Gasteiger partial charge in [-0.25, -0.2) is 4.79 Å². The quantitative estimate of drug-likeness (QED) is 0.602. The number of methoxy groups -OCH3 is 1. The Kier molecular flexibility index (Phi) is 5.46. The molecule has 0 atom stereocenters. The van der Waals surface area contributed by atoms with E-state index in [2.05, 4.69) is 16.6 Å². The monoisotopic (exact) mass is 246 g/mol. The fraction of sp³-hybridized carbons (Fsp3) is 0.286. The fourth-order valence-corrected chi connectivity index (χ4v) is 1.23. The molecule has 1 rings (SSSR count). The van der Waals surface area contributed by atoms with Crippen LogP contribution in [0.1, 0.15) is 29.3 Å². The van der Waals surface area contributed by atoms with Crippen molar-refractivity contribution in [3.8, 4) is 11.8 Å². The molecule has 1 aromatic carbocycles. The van der Waals surface area contributed by atoms with Gasteiger partial charge in [0.15, 0.2) is 0 Å². The van der Waals surface area contributed by atoms with Crippen LogP contribution in [0.15, 0.2) is 24.3 Å². The Bertz CT molecular complexity index is 494. The minimum Gasteiger partial charge on any atom is -0.468 e. The second-order valence-corrected chi connectivity index (χ2v) is 3.36. The molecule has 0 saturated carbocycles. The molecule has 94 valence electrons. The zero-order chi connectivity index (χ0) is 13.4.